The molecule has 0 amide bonds. The van der Waals surface area contributed by atoms with Crippen LogP contribution in [0.3, 0.4) is 0 Å². The summed E-state index contributed by atoms with van der Waals surface area (Å²) in [7, 11) is 1.53. The smallest absolute Gasteiger partial charge is 0.237 e. The summed E-state index contributed by atoms with van der Waals surface area (Å²) >= 11 is 1.57. The Labute approximate surface area is 137 Å². The molecule has 0 aliphatic heterocycles. The molecule has 0 atom stereocenters. The van der Waals surface area contributed by atoms with Gasteiger partial charge in [-0.25, -0.2) is 4.98 Å². The molecule has 1 aromatic heterocycles. The van der Waals surface area contributed by atoms with E-state index in [-0.39, 0.29) is 5.71 Å². The number of hydrazone groups is 1. The number of hydrogen-bond donors (Lipinski definition) is 1. The maximum absolute atomic E-state index is 8.64. The fourth-order valence-corrected chi connectivity index (χ4v) is 2.28. The molecule has 0 aliphatic rings. The number of methoxy groups -OCH3 is 1. The number of aryl methyl sites for hydroxylation is 1. The molecule has 0 bridgehead atoms. The highest BCUT2D eigenvalue weighted by Crippen LogP contribution is 2.31. The Bertz CT molecular complexity index is 785. The molecule has 2 rings (SSSR count). The summed E-state index contributed by atoms with van der Waals surface area (Å²) in [5.41, 5.74) is 3.79. The number of hydrogen-bond acceptors (Lipinski definition) is 8. The van der Waals surface area contributed by atoms with Crippen molar-refractivity contribution in [2.45, 2.75) is 13.5 Å². The molecule has 0 saturated heterocycles. The van der Waals surface area contributed by atoms with Crippen molar-refractivity contribution in [3.63, 3.8) is 0 Å². The summed E-state index contributed by atoms with van der Waals surface area (Å²) in [5.74, 6) is 1.07. The normalized spacial score (nSPS) is 9.39. The van der Waals surface area contributed by atoms with Gasteiger partial charge in [-0.2, -0.15) is 15.6 Å². The summed E-state index contributed by atoms with van der Waals surface area (Å²) in [6.45, 7) is 2.28. The van der Waals surface area contributed by atoms with E-state index < -0.39 is 0 Å². The fraction of sp³-hybridized carbons (Fsp3) is 0.200. The van der Waals surface area contributed by atoms with Gasteiger partial charge in [0.1, 0.15) is 18.7 Å². The maximum atomic E-state index is 8.64. The number of nitrogens with one attached hydrogen (secondary N) is 1. The molecule has 0 saturated carbocycles. The van der Waals surface area contributed by atoms with E-state index in [0.717, 1.165) is 10.7 Å². The average molecular weight is 327 g/mol. The molecule has 0 spiro atoms. The lowest BCUT2D eigenvalue weighted by Gasteiger charge is -2.11. The van der Waals surface area contributed by atoms with Crippen molar-refractivity contribution in [3.05, 3.63) is 34.3 Å². The van der Waals surface area contributed by atoms with Crippen molar-refractivity contribution in [1.82, 2.24) is 4.98 Å². The zero-order chi connectivity index (χ0) is 16.7. The second kappa shape index (κ2) is 7.78. The van der Waals surface area contributed by atoms with Gasteiger partial charge in [-0.05, 0) is 19.1 Å². The highest BCUT2D eigenvalue weighted by Gasteiger charge is 2.07. The number of ether oxygens (including phenoxy) is 2. The molecule has 0 aliphatic carbocycles. The van der Waals surface area contributed by atoms with Crippen LogP contribution in [-0.4, -0.2) is 17.8 Å². The molecule has 1 heterocycles. The minimum absolute atomic E-state index is 0.261. The van der Waals surface area contributed by atoms with Crippen LogP contribution in [-0.2, 0) is 6.61 Å². The van der Waals surface area contributed by atoms with Gasteiger partial charge >= 0.3 is 0 Å². The predicted molar refractivity (Wildman–Crippen MR) is 86.5 cm³/mol. The van der Waals surface area contributed by atoms with Crippen LogP contribution < -0.4 is 14.9 Å². The van der Waals surface area contributed by atoms with E-state index in [9.17, 15) is 0 Å². The summed E-state index contributed by atoms with van der Waals surface area (Å²) < 4.78 is 11.0. The summed E-state index contributed by atoms with van der Waals surface area (Å²) in [4.78, 5) is 4.33. The standard InChI is InChI=1S/C15H13N5O2S/c1-10-18-13(9-23-10)8-22-14-4-3-11(5-15(14)21-2)19-20-12(6-16)7-17/h3-5,9,19H,8H2,1-2H3. The van der Waals surface area contributed by atoms with Crippen LogP contribution in [0.25, 0.3) is 0 Å². The van der Waals surface area contributed by atoms with Crippen LogP contribution in [0.2, 0.25) is 0 Å². The average Bonchev–Trinajstić information content (AvgIpc) is 2.99. The van der Waals surface area contributed by atoms with Gasteiger partial charge in [0.15, 0.2) is 11.5 Å². The van der Waals surface area contributed by atoms with Gasteiger partial charge in [0, 0.05) is 11.4 Å². The molecule has 2 aromatic rings. The summed E-state index contributed by atoms with van der Waals surface area (Å²) in [5, 5.41) is 23.9. The van der Waals surface area contributed by atoms with Crippen LogP contribution in [0.5, 0.6) is 11.5 Å². The van der Waals surface area contributed by atoms with Crippen molar-refractivity contribution in [2.24, 2.45) is 5.10 Å². The van der Waals surface area contributed by atoms with E-state index in [1.54, 1.807) is 41.7 Å². The van der Waals surface area contributed by atoms with E-state index >= 15 is 0 Å². The largest absolute Gasteiger partial charge is 0.493 e. The minimum atomic E-state index is -0.261. The monoisotopic (exact) mass is 327 g/mol. The van der Waals surface area contributed by atoms with Crippen LogP contribution in [0.1, 0.15) is 10.7 Å². The first-order valence-corrected chi connectivity index (χ1v) is 7.40. The van der Waals surface area contributed by atoms with Crippen LogP contribution in [0.4, 0.5) is 5.69 Å². The van der Waals surface area contributed by atoms with Crippen molar-refractivity contribution in [1.29, 1.82) is 10.5 Å². The van der Waals surface area contributed by atoms with Crippen molar-refractivity contribution in [2.75, 3.05) is 12.5 Å². The molecule has 7 nitrogen and oxygen atoms in total. The SMILES string of the molecule is COc1cc(NN=C(C#N)C#N)ccc1OCc1csc(C)n1. The van der Waals surface area contributed by atoms with Crippen LogP contribution in [0, 0.1) is 29.6 Å². The van der Waals surface area contributed by atoms with Crippen LogP contribution in [0.15, 0.2) is 28.7 Å². The van der Waals surface area contributed by atoms with E-state index in [2.05, 4.69) is 15.5 Å². The molecule has 0 fully saturated rings. The number of nitriles is 2. The maximum Gasteiger partial charge on any atom is 0.237 e. The predicted octanol–water partition coefficient (Wildman–Crippen LogP) is 2.85. The topological polar surface area (TPSA) is 103 Å². The van der Waals surface area contributed by atoms with E-state index in [1.165, 1.54) is 7.11 Å². The summed E-state index contributed by atoms with van der Waals surface area (Å²) in [6, 6.07) is 8.42. The number of aromatic nitrogens is 1. The third-order valence-corrected chi connectivity index (χ3v) is 3.54. The van der Waals surface area contributed by atoms with Crippen molar-refractivity contribution < 1.29 is 9.47 Å². The molecule has 8 heteroatoms. The Morgan fingerprint density at radius 1 is 1.35 bits per heavy atom. The first kappa shape index (κ1) is 16.3. The van der Waals surface area contributed by atoms with Gasteiger partial charge < -0.3 is 9.47 Å². The molecule has 0 radical (unpaired) electrons. The van der Waals surface area contributed by atoms with E-state index in [1.807, 2.05) is 12.3 Å². The lowest BCUT2D eigenvalue weighted by molar-refractivity contribution is 0.281. The zero-order valence-corrected chi connectivity index (χ0v) is 13.3. The van der Waals surface area contributed by atoms with Gasteiger partial charge in [0.05, 0.1) is 23.5 Å². The lowest BCUT2D eigenvalue weighted by atomic mass is 10.3. The highest BCUT2D eigenvalue weighted by atomic mass is 32.1. The van der Waals surface area contributed by atoms with Crippen LogP contribution >= 0.6 is 11.3 Å². The Kier molecular flexibility index (Phi) is 5.50. The van der Waals surface area contributed by atoms with E-state index in [4.69, 9.17) is 20.0 Å². The molecule has 116 valence electrons. The third-order valence-electron chi connectivity index (χ3n) is 2.71. The first-order chi connectivity index (χ1) is 11.2. The number of anilines is 1. The third kappa shape index (κ3) is 4.43. The molecule has 23 heavy (non-hydrogen) atoms. The number of benzene rings is 1. The first-order valence-electron chi connectivity index (χ1n) is 6.52. The van der Waals surface area contributed by atoms with Gasteiger partial charge in [-0.3, -0.25) is 5.43 Å². The zero-order valence-electron chi connectivity index (χ0n) is 12.5. The second-order valence-corrected chi connectivity index (χ2v) is 5.37. The van der Waals surface area contributed by atoms with Crippen molar-refractivity contribution >= 4 is 22.7 Å². The number of thiazole rings is 1. The molecular weight excluding hydrogens is 314 g/mol. The molecule has 0 unspecified atom stereocenters. The van der Waals surface area contributed by atoms with Gasteiger partial charge in [-0.15, -0.1) is 11.3 Å². The number of nitrogens with zero attached hydrogens (tertiary/aromatic N) is 4. The molecule has 1 N–H and O–H groups in total. The van der Waals surface area contributed by atoms with Gasteiger partial charge in [0.25, 0.3) is 0 Å². The Morgan fingerprint density at radius 3 is 2.74 bits per heavy atom. The molecular formula is C15H13N5O2S. The lowest BCUT2D eigenvalue weighted by Crippen LogP contribution is -2.00. The van der Waals surface area contributed by atoms with Gasteiger partial charge in [-0.1, -0.05) is 0 Å². The van der Waals surface area contributed by atoms with Crippen molar-refractivity contribution in [3.8, 4) is 23.6 Å². The minimum Gasteiger partial charge on any atom is -0.493 e. The van der Waals surface area contributed by atoms with Gasteiger partial charge in [0.2, 0.25) is 5.71 Å². The molecule has 1 aromatic carbocycles. The summed E-state index contributed by atoms with van der Waals surface area (Å²) in [6.07, 6.45) is 0. The number of rotatable bonds is 6. The Hall–Kier alpha value is -3.10. The highest BCUT2D eigenvalue weighted by molar-refractivity contribution is 7.09. The Balaban J connectivity index is 2.09. The Morgan fingerprint density at radius 2 is 2.13 bits per heavy atom. The van der Waals surface area contributed by atoms with E-state index in [0.29, 0.717) is 23.8 Å². The second-order valence-electron chi connectivity index (χ2n) is 4.31. The quantitative estimate of drug-likeness (QED) is 0.646. The fourth-order valence-electron chi connectivity index (χ4n) is 1.68.